The number of aryl methyl sites for hydroxylation is 1. The molecule has 0 fully saturated rings. The minimum Gasteiger partial charge on any atom is -0.267 e. The largest absolute Gasteiger partial charge is 0.271 e. The highest BCUT2D eigenvalue weighted by atomic mass is 16.2. The molecule has 0 atom stereocenters. The fourth-order valence-corrected chi connectivity index (χ4v) is 2.68. The standard InChI is InChI=1S/C23H22N2O/c1-18(12-13-19-8-4-2-5-9-19)24-25-23(26)22-16-14-21(15-17-22)20-10-6-3-7-11-20/h2-11,14-17H,12-13H2,1H3,(H,25,26). The van der Waals surface area contributed by atoms with Crippen molar-refractivity contribution in [3.05, 3.63) is 96.1 Å². The van der Waals surface area contributed by atoms with Crippen LogP contribution in [0.1, 0.15) is 29.3 Å². The van der Waals surface area contributed by atoms with Gasteiger partial charge in [0.25, 0.3) is 5.91 Å². The molecule has 0 radical (unpaired) electrons. The van der Waals surface area contributed by atoms with E-state index in [1.165, 1.54) is 5.56 Å². The number of rotatable bonds is 6. The van der Waals surface area contributed by atoms with Crippen molar-refractivity contribution in [3.8, 4) is 11.1 Å². The van der Waals surface area contributed by atoms with E-state index in [1.807, 2.05) is 67.6 Å². The maximum atomic E-state index is 12.3. The molecule has 3 aromatic rings. The van der Waals surface area contributed by atoms with Crippen LogP contribution in [-0.4, -0.2) is 11.6 Å². The quantitative estimate of drug-likeness (QED) is 0.492. The lowest BCUT2D eigenvalue weighted by atomic mass is 10.0. The lowest BCUT2D eigenvalue weighted by Crippen LogP contribution is -2.19. The second-order valence-corrected chi connectivity index (χ2v) is 6.22. The van der Waals surface area contributed by atoms with Crippen LogP contribution in [-0.2, 0) is 6.42 Å². The summed E-state index contributed by atoms with van der Waals surface area (Å²) in [6.07, 6.45) is 1.73. The summed E-state index contributed by atoms with van der Waals surface area (Å²) in [7, 11) is 0. The molecule has 0 aliphatic heterocycles. The number of hydrogen-bond acceptors (Lipinski definition) is 2. The smallest absolute Gasteiger partial charge is 0.267 e. The Morgan fingerprint density at radius 1 is 0.808 bits per heavy atom. The van der Waals surface area contributed by atoms with Crippen molar-refractivity contribution in [2.45, 2.75) is 19.8 Å². The molecule has 0 saturated carbocycles. The summed E-state index contributed by atoms with van der Waals surface area (Å²) in [5.74, 6) is -0.191. The average Bonchev–Trinajstić information content (AvgIpc) is 2.72. The first kappa shape index (κ1) is 17.6. The summed E-state index contributed by atoms with van der Waals surface area (Å²) in [5, 5.41) is 4.21. The number of carbonyl (C=O) groups excluding carboxylic acids is 1. The summed E-state index contributed by atoms with van der Waals surface area (Å²) < 4.78 is 0. The first-order valence-corrected chi connectivity index (χ1v) is 8.75. The average molecular weight is 342 g/mol. The van der Waals surface area contributed by atoms with Gasteiger partial charge < -0.3 is 0 Å². The molecule has 0 aromatic heterocycles. The molecule has 26 heavy (non-hydrogen) atoms. The van der Waals surface area contributed by atoms with E-state index in [9.17, 15) is 4.79 Å². The van der Waals surface area contributed by atoms with E-state index in [0.717, 1.165) is 29.7 Å². The molecule has 0 aliphatic carbocycles. The Hall–Kier alpha value is -3.20. The van der Waals surface area contributed by atoms with Gasteiger partial charge >= 0.3 is 0 Å². The Morgan fingerprint density at radius 2 is 1.38 bits per heavy atom. The third-order valence-electron chi connectivity index (χ3n) is 4.22. The summed E-state index contributed by atoms with van der Waals surface area (Å²) in [5.41, 5.74) is 7.64. The van der Waals surface area contributed by atoms with Gasteiger partial charge in [-0.2, -0.15) is 5.10 Å². The molecule has 130 valence electrons. The van der Waals surface area contributed by atoms with Crippen LogP contribution in [0.3, 0.4) is 0 Å². The van der Waals surface area contributed by atoms with Gasteiger partial charge in [-0.05, 0) is 48.6 Å². The molecular weight excluding hydrogens is 320 g/mol. The van der Waals surface area contributed by atoms with Crippen LogP contribution < -0.4 is 5.43 Å². The van der Waals surface area contributed by atoms with Gasteiger partial charge in [-0.1, -0.05) is 72.8 Å². The number of benzene rings is 3. The van der Waals surface area contributed by atoms with Crippen LogP contribution >= 0.6 is 0 Å². The highest BCUT2D eigenvalue weighted by Crippen LogP contribution is 2.19. The monoisotopic (exact) mass is 342 g/mol. The highest BCUT2D eigenvalue weighted by molar-refractivity contribution is 5.95. The van der Waals surface area contributed by atoms with Crippen molar-refractivity contribution in [2.24, 2.45) is 5.10 Å². The molecule has 0 bridgehead atoms. The van der Waals surface area contributed by atoms with E-state index < -0.39 is 0 Å². The van der Waals surface area contributed by atoms with Crippen molar-refractivity contribution >= 4 is 11.6 Å². The third kappa shape index (κ3) is 4.90. The Bertz CT molecular complexity index is 869. The van der Waals surface area contributed by atoms with Crippen LogP contribution in [0.15, 0.2) is 90.0 Å². The lowest BCUT2D eigenvalue weighted by Gasteiger charge is -2.05. The van der Waals surface area contributed by atoms with Gasteiger partial charge in [0.15, 0.2) is 0 Å². The fraction of sp³-hybridized carbons (Fsp3) is 0.130. The van der Waals surface area contributed by atoms with Crippen LogP contribution in [0.5, 0.6) is 0 Å². The van der Waals surface area contributed by atoms with Crippen molar-refractivity contribution in [1.82, 2.24) is 5.43 Å². The number of amides is 1. The molecular formula is C23H22N2O. The molecule has 0 spiro atoms. The third-order valence-corrected chi connectivity index (χ3v) is 4.22. The topological polar surface area (TPSA) is 41.5 Å². The minimum absolute atomic E-state index is 0.191. The molecule has 0 heterocycles. The SMILES string of the molecule is CC(CCc1ccccc1)=NNC(=O)c1ccc(-c2ccccc2)cc1. The molecule has 0 aliphatic rings. The van der Waals surface area contributed by atoms with E-state index in [1.54, 1.807) is 0 Å². The molecule has 3 rings (SSSR count). The summed E-state index contributed by atoms with van der Waals surface area (Å²) in [6.45, 7) is 1.93. The molecule has 1 amide bonds. The number of hydrazone groups is 1. The van der Waals surface area contributed by atoms with E-state index in [-0.39, 0.29) is 5.91 Å². The van der Waals surface area contributed by atoms with Crippen LogP contribution in [0.2, 0.25) is 0 Å². The van der Waals surface area contributed by atoms with Crippen molar-refractivity contribution < 1.29 is 4.79 Å². The maximum absolute atomic E-state index is 12.3. The highest BCUT2D eigenvalue weighted by Gasteiger charge is 2.05. The second-order valence-electron chi connectivity index (χ2n) is 6.22. The van der Waals surface area contributed by atoms with E-state index in [4.69, 9.17) is 0 Å². The predicted molar refractivity (Wildman–Crippen MR) is 107 cm³/mol. The Kier molecular flexibility index (Phi) is 5.94. The summed E-state index contributed by atoms with van der Waals surface area (Å²) in [6, 6.07) is 27.9. The van der Waals surface area contributed by atoms with Gasteiger partial charge in [-0.3, -0.25) is 4.79 Å². The van der Waals surface area contributed by atoms with Gasteiger partial charge in [0.1, 0.15) is 0 Å². The van der Waals surface area contributed by atoms with Gasteiger partial charge in [0.2, 0.25) is 0 Å². The van der Waals surface area contributed by atoms with Crippen LogP contribution in [0, 0.1) is 0 Å². The van der Waals surface area contributed by atoms with Crippen LogP contribution in [0.4, 0.5) is 0 Å². The maximum Gasteiger partial charge on any atom is 0.271 e. The summed E-state index contributed by atoms with van der Waals surface area (Å²) in [4.78, 5) is 12.3. The molecule has 1 N–H and O–H groups in total. The van der Waals surface area contributed by atoms with Gasteiger partial charge in [-0.25, -0.2) is 5.43 Å². The second kappa shape index (κ2) is 8.77. The zero-order valence-corrected chi connectivity index (χ0v) is 14.9. The zero-order chi connectivity index (χ0) is 18.2. The predicted octanol–water partition coefficient (Wildman–Crippen LogP) is 5.09. The van der Waals surface area contributed by atoms with E-state index >= 15 is 0 Å². The van der Waals surface area contributed by atoms with Gasteiger partial charge in [0.05, 0.1) is 0 Å². The van der Waals surface area contributed by atoms with Gasteiger partial charge in [0, 0.05) is 11.3 Å². The van der Waals surface area contributed by atoms with Crippen molar-refractivity contribution in [3.63, 3.8) is 0 Å². The number of hydrogen-bond donors (Lipinski definition) is 1. The first-order valence-electron chi connectivity index (χ1n) is 8.75. The molecule has 0 saturated heterocycles. The number of nitrogens with zero attached hydrogens (tertiary/aromatic N) is 1. The Morgan fingerprint density at radius 3 is 2.04 bits per heavy atom. The first-order chi connectivity index (χ1) is 12.7. The number of carbonyl (C=O) groups is 1. The van der Waals surface area contributed by atoms with E-state index in [0.29, 0.717) is 5.56 Å². The molecule has 3 aromatic carbocycles. The van der Waals surface area contributed by atoms with Crippen LogP contribution in [0.25, 0.3) is 11.1 Å². The molecule has 3 heteroatoms. The Balaban J connectivity index is 1.56. The van der Waals surface area contributed by atoms with Crippen molar-refractivity contribution in [2.75, 3.05) is 0 Å². The van der Waals surface area contributed by atoms with E-state index in [2.05, 4.69) is 34.8 Å². The number of nitrogens with one attached hydrogen (secondary N) is 1. The summed E-state index contributed by atoms with van der Waals surface area (Å²) >= 11 is 0. The van der Waals surface area contributed by atoms with Crippen molar-refractivity contribution in [1.29, 1.82) is 0 Å². The lowest BCUT2D eigenvalue weighted by molar-refractivity contribution is 0.0954. The zero-order valence-electron chi connectivity index (χ0n) is 14.9. The fourth-order valence-electron chi connectivity index (χ4n) is 2.68. The molecule has 3 nitrogen and oxygen atoms in total. The normalized spacial score (nSPS) is 11.2. The minimum atomic E-state index is -0.191. The molecule has 0 unspecified atom stereocenters. The van der Waals surface area contributed by atoms with Gasteiger partial charge in [-0.15, -0.1) is 0 Å². The Labute approximate surface area is 154 Å².